The minimum atomic E-state index is -0.726. The van der Waals surface area contributed by atoms with Gasteiger partial charge in [-0.15, -0.1) is 0 Å². The average molecular weight is 362 g/mol. The first kappa shape index (κ1) is 19.5. The molecule has 6 nitrogen and oxygen atoms in total. The molecular formula is C19H23FN2O4. The second kappa shape index (κ2) is 8.05. The fourth-order valence-electron chi connectivity index (χ4n) is 2.26. The molecule has 0 aliphatic rings. The third-order valence-electron chi connectivity index (χ3n) is 3.41. The zero-order chi connectivity index (χ0) is 19.3. The molecule has 0 fully saturated rings. The SMILES string of the molecule is CC(C)(C)OC(=O)Nc1cccc(CNCc2ccc(O)cc2O)c1F. The first-order valence-corrected chi connectivity index (χ1v) is 8.14. The quantitative estimate of drug-likeness (QED) is 0.648. The van der Waals surface area contributed by atoms with E-state index in [1.807, 2.05) is 0 Å². The van der Waals surface area contributed by atoms with Gasteiger partial charge in [0.2, 0.25) is 0 Å². The van der Waals surface area contributed by atoms with E-state index in [0.29, 0.717) is 11.1 Å². The molecule has 140 valence electrons. The topological polar surface area (TPSA) is 90.8 Å². The van der Waals surface area contributed by atoms with Crippen LogP contribution in [0.5, 0.6) is 11.5 Å². The molecule has 26 heavy (non-hydrogen) atoms. The van der Waals surface area contributed by atoms with Gasteiger partial charge in [0, 0.05) is 30.3 Å². The van der Waals surface area contributed by atoms with Gasteiger partial charge in [0.05, 0.1) is 5.69 Å². The molecule has 0 bridgehead atoms. The molecule has 2 rings (SSSR count). The van der Waals surface area contributed by atoms with Crippen molar-refractivity contribution in [3.8, 4) is 11.5 Å². The maximum absolute atomic E-state index is 14.5. The Bertz CT molecular complexity index is 788. The largest absolute Gasteiger partial charge is 0.508 e. The molecule has 0 aromatic heterocycles. The van der Waals surface area contributed by atoms with E-state index < -0.39 is 17.5 Å². The summed E-state index contributed by atoms with van der Waals surface area (Å²) in [6.07, 6.45) is -0.726. The van der Waals surface area contributed by atoms with Crippen molar-refractivity contribution in [1.82, 2.24) is 5.32 Å². The number of carbonyl (C=O) groups excluding carboxylic acids is 1. The minimum absolute atomic E-state index is 0.0294. The first-order valence-electron chi connectivity index (χ1n) is 8.14. The van der Waals surface area contributed by atoms with Gasteiger partial charge in [0.1, 0.15) is 17.1 Å². The second-order valence-electron chi connectivity index (χ2n) is 6.82. The van der Waals surface area contributed by atoms with Crippen LogP contribution in [0, 0.1) is 5.82 Å². The van der Waals surface area contributed by atoms with Gasteiger partial charge in [-0.25, -0.2) is 9.18 Å². The summed E-state index contributed by atoms with van der Waals surface area (Å²) >= 11 is 0. The summed E-state index contributed by atoms with van der Waals surface area (Å²) < 4.78 is 19.6. The van der Waals surface area contributed by atoms with Crippen molar-refractivity contribution in [1.29, 1.82) is 0 Å². The van der Waals surface area contributed by atoms with Crippen molar-refractivity contribution in [2.75, 3.05) is 5.32 Å². The van der Waals surface area contributed by atoms with Crippen LogP contribution in [0.25, 0.3) is 0 Å². The lowest BCUT2D eigenvalue weighted by molar-refractivity contribution is 0.0635. The molecule has 0 aliphatic heterocycles. The molecule has 0 spiro atoms. The van der Waals surface area contributed by atoms with E-state index >= 15 is 0 Å². The number of nitrogens with one attached hydrogen (secondary N) is 2. The average Bonchev–Trinajstić information content (AvgIpc) is 2.51. The molecule has 1 amide bonds. The number of aromatic hydroxyl groups is 2. The highest BCUT2D eigenvalue weighted by molar-refractivity contribution is 5.85. The predicted molar refractivity (Wildman–Crippen MR) is 96.6 cm³/mol. The number of phenols is 2. The minimum Gasteiger partial charge on any atom is -0.508 e. The van der Waals surface area contributed by atoms with Gasteiger partial charge in [-0.3, -0.25) is 5.32 Å². The number of benzene rings is 2. The molecule has 0 saturated heterocycles. The van der Waals surface area contributed by atoms with E-state index in [9.17, 15) is 19.4 Å². The van der Waals surface area contributed by atoms with Crippen molar-refractivity contribution < 1.29 is 24.1 Å². The standard InChI is InChI=1S/C19H23FN2O4/c1-19(2,3)26-18(25)22-15-6-4-5-13(17(15)20)11-21-10-12-7-8-14(23)9-16(12)24/h4-9,21,23-24H,10-11H2,1-3H3,(H,22,25). The first-order chi connectivity index (χ1) is 12.2. The van der Waals surface area contributed by atoms with Crippen molar-refractivity contribution in [2.24, 2.45) is 0 Å². The predicted octanol–water partition coefficient (Wildman–Crippen LogP) is 3.87. The fraction of sp³-hybridized carbons (Fsp3) is 0.316. The van der Waals surface area contributed by atoms with Crippen LogP contribution in [-0.2, 0) is 17.8 Å². The van der Waals surface area contributed by atoms with Crippen LogP contribution >= 0.6 is 0 Å². The molecule has 0 radical (unpaired) electrons. The van der Waals surface area contributed by atoms with E-state index in [0.717, 1.165) is 0 Å². The number of amides is 1. The molecule has 2 aromatic rings. The van der Waals surface area contributed by atoms with E-state index in [4.69, 9.17) is 4.74 Å². The Morgan fingerprint density at radius 3 is 2.46 bits per heavy atom. The summed E-state index contributed by atoms with van der Waals surface area (Å²) in [5, 5.41) is 24.4. The Balaban J connectivity index is 1.99. The van der Waals surface area contributed by atoms with E-state index in [-0.39, 0.29) is 30.3 Å². The van der Waals surface area contributed by atoms with Gasteiger partial charge in [-0.05, 0) is 32.9 Å². The zero-order valence-electron chi connectivity index (χ0n) is 15.0. The number of rotatable bonds is 5. The van der Waals surface area contributed by atoms with Crippen molar-refractivity contribution >= 4 is 11.8 Å². The maximum Gasteiger partial charge on any atom is 0.412 e. The highest BCUT2D eigenvalue weighted by Gasteiger charge is 2.18. The summed E-state index contributed by atoms with van der Waals surface area (Å²) in [6, 6.07) is 8.96. The molecule has 0 unspecified atom stereocenters. The Morgan fingerprint density at radius 2 is 1.81 bits per heavy atom. The van der Waals surface area contributed by atoms with Gasteiger partial charge < -0.3 is 20.3 Å². The summed E-state index contributed by atoms with van der Waals surface area (Å²) in [4.78, 5) is 11.8. The van der Waals surface area contributed by atoms with E-state index in [1.54, 1.807) is 39.0 Å². The van der Waals surface area contributed by atoms with Crippen LogP contribution in [0.4, 0.5) is 14.9 Å². The number of hydrogen-bond acceptors (Lipinski definition) is 5. The number of anilines is 1. The normalized spacial score (nSPS) is 11.2. The Hall–Kier alpha value is -2.80. The number of phenolic OH excluding ortho intramolecular Hbond substituents is 2. The lowest BCUT2D eigenvalue weighted by Gasteiger charge is -2.20. The molecule has 0 saturated carbocycles. The van der Waals surface area contributed by atoms with Crippen LogP contribution in [0.3, 0.4) is 0 Å². The van der Waals surface area contributed by atoms with Crippen LogP contribution in [0.15, 0.2) is 36.4 Å². The molecule has 7 heteroatoms. The molecule has 0 aliphatic carbocycles. The van der Waals surface area contributed by atoms with Gasteiger partial charge in [-0.2, -0.15) is 0 Å². The van der Waals surface area contributed by atoms with Crippen LogP contribution in [0.1, 0.15) is 31.9 Å². The summed E-state index contributed by atoms with van der Waals surface area (Å²) in [5.41, 5.74) is 0.292. The number of carbonyl (C=O) groups is 1. The molecule has 0 heterocycles. The van der Waals surface area contributed by atoms with Gasteiger partial charge in [-0.1, -0.05) is 18.2 Å². The maximum atomic E-state index is 14.5. The number of halogens is 1. The Labute approximate surface area is 151 Å². The second-order valence-corrected chi connectivity index (χ2v) is 6.82. The third-order valence-corrected chi connectivity index (χ3v) is 3.41. The summed E-state index contributed by atoms with van der Waals surface area (Å²) in [7, 11) is 0. The summed E-state index contributed by atoms with van der Waals surface area (Å²) in [6.45, 7) is 5.65. The highest BCUT2D eigenvalue weighted by atomic mass is 19.1. The lowest BCUT2D eigenvalue weighted by Crippen LogP contribution is -2.27. The molecular weight excluding hydrogens is 339 g/mol. The number of hydrogen-bond donors (Lipinski definition) is 4. The van der Waals surface area contributed by atoms with Crippen LogP contribution in [-0.4, -0.2) is 21.9 Å². The van der Waals surface area contributed by atoms with Gasteiger partial charge in [0.25, 0.3) is 0 Å². The lowest BCUT2D eigenvalue weighted by atomic mass is 10.1. The van der Waals surface area contributed by atoms with E-state index in [1.165, 1.54) is 18.2 Å². The van der Waals surface area contributed by atoms with Crippen LogP contribution < -0.4 is 10.6 Å². The summed E-state index contributed by atoms with van der Waals surface area (Å²) in [5.74, 6) is -0.627. The molecule has 4 N–H and O–H groups in total. The third kappa shape index (κ3) is 5.63. The fourth-order valence-corrected chi connectivity index (χ4v) is 2.26. The van der Waals surface area contributed by atoms with Gasteiger partial charge >= 0.3 is 6.09 Å². The van der Waals surface area contributed by atoms with Crippen LogP contribution in [0.2, 0.25) is 0 Å². The van der Waals surface area contributed by atoms with Crippen molar-refractivity contribution in [3.05, 3.63) is 53.3 Å². The smallest absolute Gasteiger partial charge is 0.412 e. The number of ether oxygens (including phenoxy) is 1. The van der Waals surface area contributed by atoms with Crippen molar-refractivity contribution in [3.63, 3.8) is 0 Å². The zero-order valence-corrected chi connectivity index (χ0v) is 15.0. The Kier molecular flexibility index (Phi) is 6.05. The molecule has 2 aromatic carbocycles. The monoisotopic (exact) mass is 362 g/mol. The van der Waals surface area contributed by atoms with Gasteiger partial charge in [0.15, 0.2) is 5.82 Å². The molecule has 0 atom stereocenters. The highest BCUT2D eigenvalue weighted by Crippen LogP contribution is 2.23. The van der Waals surface area contributed by atoms with E-state index in [2.05, 4.69) is 10.6 Å². The Morgan fingerprint density at radius 1 is 1.12 bits per heavy atom. The van der Waals surface area contributed by atoms with Crippen molar-refractivity contribution in [2.45, 2.75) is 39.5 Å².